The molecule has 0 saturated carbocycles. The summed E-state index contributed by atoms with van der Waals surface area (Å²) in [5.74, 6) is -2.18. The van der Waals surface area contributed by atoms with Gasteiger partial charge in [-0.25, -0.2) is 9.18 Å². The molecule has 1 aromatic carbocycles. The van der Waals surface area contributed by atoms with E-state index in [1.807, 2.05) is 0 Å². The summed E-state index contributed by atoms with van der Waals surface area (Å²) in [6.07, 6.45) is -1.61. The number of aromatic nitrogens is 2. The molecule has 1 aromatic heterocycles. The number of carbonyl (C=O) groups excluding carboxylic acids is 1. The van der Waals surface area contributed by atoms with Gasteiger partial charge in [0, 0.05) is 18.5 Å². The second kappa shape index (κ2) is 6.81. The Kier molecular flexibility index (Phi) is 4.84. The summed E-state index contributed by atoms with van der Waals surface area (Å²) >= 11 is 0. The number of rotatable bonds is 6. The van der Waals surface area contributed by atoms with Crippen molar-refractivity contribution in [2.45, 2.75) is 12.5 Å². The maximum absolute atomic E-state index is 12.8. The van der Waals surface area contributed by atoms with E-state index in [1.54, 1.807) is 0 Å². The van der Waals surface area contributed by atoms with Crippen LogP contribution in [-0.2, 0) is 4.79 Å². The second-order valence-electron chi connectivity index (χ2n) is 4.57. The van der Waals surface area contributed by atoms with E-state index in [1.165, 1.54) is 30.3 Å². The summed E-state index contributed by atoms with van der Waals surface area (Å²) in [6, 6.07) is 7.15. The molecule has 0 spiro atoms. The minimum atomic E-state index is -1.52. The molecule has 0 unspecified atom stereocenters. The van der Waals surface area contributed by atoms with Crippen LogP contribution in [0.3, 0.4) is 0 Å². The van der Waals surface area contributed by atoms with Crippen LogP contribution in [0.25, 0.3) is 11.3 Å². The molecule has 22 heavy (non-hydrogen) atoms. The average Bonchev–Trinajstić information content (AvgIpc) is 2.97. The number of benzene rings is 1. The van der Waals surface area contributed by atoms with Gasteiger partial charge in [-0.2, -0.15) is 5.10 Å². The number of carboxylic acid groups (broad SMARTS) is 1. The van der Waals surface area contributed by atoms with Gasteiger partial charge in [-0.15, -0.1) is 0 Å². The highest BCUT2D eigenvalue weighted by atomic mass is 19.1. The number of carboxylic acids is 1. The number of aliphatic hydroxyl groups excluding tert-OH is 1. The average molecular weight is 307 g/mol. The molecular weight excluding hydrogens is 293 g/mol. The lowest BCUT2D eigenvalue weighted by molar-refractivity contribution is -0.146. The number of halogens is 1. The number of amides is 1. The second-order valence-corrected chi connectivity index (χ2v) is 4.57. The van der Waals surface area contributed by atoms with E-state index in [9.17, 15) is 14.0 Å². The van der Waals surface area contributed by atoms with E-state index in [0.29, 0.717) is 11.3 Å². The van der Waals surface area contributed by atoms with Crippen LogP contribution in [0.1, 0.15) is 16.9 Å². The molecule has 2 aromatic rings. The number of hydrogen-bond acceptors (Lipinski definition) is 4. The van der Waals surface area contributed by atoms with Gasteiger partial charge >= 0.3 is 5.97 Å². The number of hydrogen-bond donors (Lipinski definition) is 4. The molecule has 0 fully saturated rings. The zero-order valence-electron chi connectivity index (χ0n) is 11.4. The number of nitrogens with one attached hydrogen (secondary N) is 2. The Morgan fingerprint density at radius 3 is 2.64 bits per heavy atom. The molecule has 1 atom stereocenters. The molecule has 4 N–H and O–H groups in total. The molecule has 1 heterocycles. The Bertz CT molecular complexity index is 669. The van der Waals surface area contributed by atoms with Gasteiger partial charge < -0.3 is 15.5 Å². The van der Waals surface area contributed by atoms with E-state index in [2.05, 4.69) is 15.5 Å². The molecule has 2 rings (SSSR count). The minimum absolute atomic E-state index is 0.0111. The van der Waals surface area contributed by atoms with Gasteiger partial charge in [0.25, 0.3) is 5.91 Å². The molecule has 0 bridgehead atoms. The first-order valence-electron chi connectivity index (χ1n) is 6.48. The molecule has 8 heteroatoms. The fourth-order valence-corrected chi connectivity index (χ4v) is 1.75. The van der Waals surface area contributed by atoms with Gasteiger partial charge in [-0.1, -0.05) is 0 Å². The Balaban J connectivity index is 1.94. The third-order valence-corrected chi connectivity index (χ3v) is 2.95. The lowest BCUT2D eigenvalue weighted by Gasteiger charge is -2.05. The standard InChI is InChI=1S/C14H14FN3O4/c15-9-3-1-8(2-4-9)10-7-11(18-17-10)13(20)16-6-5-12(19)14(21)22/h1-4,7,12,19H,5-6H2,(H,16,20)(H,17,18)(H,21,22)/t12-/m0/s1. The molecule has 0 aliphatic rings. The summed E-state index contributed by atoms with van der Waals surface area (Å²) in [5, 5.41) is 26.6. The predicted octanol–water partition coefficient (Wildman–Crippen LogP) is 0.781. The van der Waals surface area contributed by atoms with Crippen molar-refractivity contribution in [3.8, 4) is 11.3 Å². The number of carbonyl (C=O) groups is 2. The van der Waals surface area contributed by atoms with Crippen molar-refractivity contribution >= 4 is 11.9 Å². The van der Waals surface area contributed by atoms with Crippen LogP contribution >= 0.6 is 0 Å². The van der Waals surface area contributed by atoms with Crippen LogP contribution < -0.4 is 5.32 Å². The molecule has 7 nitrogen and oxygen atoms in total. The van der Waals surface area contributed by atoms with Crippen LogP contribution in [0.4, 0.5) is 4.39 Å². The molecule has 0 saturated heterocycles. The molecular formula is C14H14FN3O4. The fraction of sp³-hybridized carbons (Fsp3) is 0.214. The van der Waals surface area contributed by atoms with Gasteiger partial charge in [0.05, 0.1) is 5.69 Å². The topological polar surface area (TPSA) is 115 Å². The highest BCUT2D eigenvalue weighted by Gasteiger charge is 2.14. The molecule has 116 valence electrons. The monoisotopic (exact) mass is 307 g/mol. The quantitative estimate of drug-likeness (QED) is 0.629. The van der Waals surface area contributed by atoms with Crippen molar-refractivity contribution in [2.24, 2.45) is 0 Å². The van der Waals surface area contributed by atoms with Crippen LogP contribution in [0.2, 0.25) is 0 Å². The first kappa shape index (κ1) is 15.6. The molecule has 0 aliphatic carbocycles. The van der Waals surface area contributed by atoms with Gasteiger partial charge in [0.15, 0.2) is 6.10 Å². The fourth-order valence-electron chi connectivity index (χ4n) is 1.75. The first-order chi connectivity index (χ1) is 10.5. The zero-order chi connectivity index (χ0) is 16.1. The van der Waals surface area contributed by atoms with Crippen molar-refractivity contribution in [1.29, 1.82) is 0 Å². The smallest absolute Gasteiger partial charge is 0.332 e. The van der Waals surface area contributed by atoms with Crippen LogP contribution in [0.15, 0.2) is 30.3 Å². The van der Waals surface area contributed by atoms with Crippen LogP contribution in [0.5, 0.6) is 0 Å². The third-order valence-electron chi connectivity index (χ3n) is 2.95. The summed E-state index contributed by atoms with van der Waals surface area (Å²) in [6.45, 7) is 0.0111. The van der Waals surface area contributed by atoms with Crippen molar-refractivity contribution in [3.63, 3.8) is 0 Å². The molecule has 1 amide bonds. The van der Waals surface area contributed by atoms with Gasteiger partial charge in [-0.3, -0.25) is 9.89 Å². The van der Waals surface area contributed by atoms with E-state index in [-0.39, 0.29) is 24.5 Å². The number of aliphatic hydroxyl groups is 1. The predicted molar refractivity (Wildman–Crippen MR) is 74.6 cm³/mol. The van der Waals surface area contributed by atoms with E-state index in [4.69, 9.17) is 10.2 Å². The summed E-state index contributed by atoms with van der Waals surface area (Å²) in [5.41, 5.74) is 1.32. The summed E-state index contributed by atoms with van der Waals surface area (Å²) < 4.78 is 12.8. The Labute approximate surface area is 124 Å². The van der Waals surface area contributed by atoms with Gasteiger partial charge in [-0.05, 0) is 30.3 Å². The van der Waals surface area contributed by atoms with E-state index in [0.717, 1.165) is 0 Å². The van der Waals surface area contributed by atoms with Gasteiger partial charge in [0.1, 0.15) is 11.5 Å². The summed E-state index contributed by atoms with van der Waals surface area (Å²) in [4.78, 5) is 22.2. The highest BCUT2D eigenvalue weighted by molar-refractivity contribution is 5.93. The summed E-state index contributed by atoms with van der Waals surface area (Å²) in [7, 11) is 0. The lowest BCUT2D eigenvalue weighted by Crippen LogP contribution is -2.30. The number of nitrogens with zero attached hydrogens (tertiary/aromatic N) is 1. The van der Waals surface area contributed by atoms with Crippen LogP contribution in [0, 0.1) is 5.82 Å². The third kappa shape index (κ3) is 3.89. The number of aliphatic carboxylic acids is 1. The Hall–Kier alpha value is -2.74. The first-order valence-corrected chi connectivity index (χ1v) is 6.48. The number of H-pyrrole nitrogens is 1. The maximum atomic E-state index is 12.8. The van der Waals surface area contributed by atoms with Crippen molar-refractivity contribution < 1.29 is 24.2 Å². The number of aromatic amines is 1. The van der Waals surface area contributed by atoms with Crippen molar-refractivity contribution in [1.82, 2.24) is 15.5 Å². The Morgan fingerprint density at radius 2 is 2.00 bits per heavy atom. The molecule has 0 radical (unpaired) electrons. The zero-order valence-corrected chi connectivity index (χ0v) is 11.4. The van der Waals surface area contributed by atoms with E-state index < -0.39 is 18.0 Å². The van der Waals surface area contributed by atoms with Gasteiger partial charge in [0.2, 0.25) is 0 Å². The lowest BCUT2D eigenvalue weighted by atomic mass is 10.1. The Morgan fingerprint density at radius 1 is 1.32 bits per heavy atom. The van der Waals surface area contributed by atoms with E-state index >= 15 is 0 Å². The SMILES string of the molecule is O=C(NCC[C@H](O)C(=O)O)c1cc(-c2ccc(F)cc2)n[nH]1. The van der Waals surface area contributed by atoms with Crippen LogP contribution in [-0.4, -0.2) is 44.9 Å². The maximum Gasteiger partial charge on any atom is 0.332 e. The van der Waals surface area contributed by atoms with Crippen molar-refractivity contribution in [3.05, 3.63) is 41.8 Å². The highest BCUT2D eigenvalue weighted by Crippen LogP contribution is 2.17. The largest absolute Gasteiger partial charge is 0.479 e. The van der Waals surface area contributed by atoms with Crippen molar-refractivity contribution in [2.75, 3.05) is 6.54 Å². The molecule has 0 aliphatic heterocycles. The normalized spacial score (nSPS) is 11.9. The minimum Gasteiger partial charge on any atom is -0.479 e.